The van der Waals surface area contributed by atoms with Crippen molar-refractivity contribution in [3.63, 3.8) is 0 Å². The third kappa shape index (κ3) is 3.62. The summed E-state index contributed by atoms with van der Waals surface area (Å²) in [5, 5.41) is 9.35. The van der Waals surface area contributed by atoms with Gasteiger partial charge in [-0.25, -0.2) is 4.39 Å². The van der Waals surface area contributed by atoms with E-state index in [0.717, 1.165) is 26.2 Å². The van der Waals surface area contributed by atoms with E-state index in [0.29, 0.717) is 5.69 Å². The molecule has 0 aromatic heterocycles. The Labute approximate surface area is 165 Å². The summed E-state index contributed by atoms with van der Waals surface area (Å²) < 4.78 is 14.0. The molecule has 3 aromatic rings. The van der Waals surface area contributed by atoms with E-state index in [2.05, 4.69) is 53.4 Å². The number of piperazine rings is 1. The molecule has 1 aliphatic rings. The van der Waals surface area contributed by atoms with Gasteiger partial charge in [0.2, 0.25) is 0 Å². The number of nitrogens with one attached hydrogen (secondary N) is 1. The molecule has 0 atom stereocenters. The molecule has 3 nitrogen and oxygen atoms in total. The average Bonchev–Trinajstić information content (AvgIpc) is 2.76. The second-order valence-electron chi connectivity index (χ2n) is 7.15. The van der Waals surface area contributed by atoms with Crippen molar-refractivity contribution in [3.05, 3.63) is 101 Å². The normalized spacial score (nSPS) is 14.8. The van der Waals surface area contributed by atoms with Gasteiger partial charge in [-0.3, -0.25) is 0 Å². The Bertz CT molecular complexity index is 919. The largest absolute Gasteiger partial charge is 0.359 e. The van der Waals surface area contributed by atoms with E-state index in [1.165, 1.54) is 22.1 Å². The Morgan fingerprint density at radius 1 is 0.821 bits per heavy atom. The van der Waals surface area contributed by atoms with Crippen molar-refractivity contribution in [2.24, 2.45) is 0 Å². The fourth-order valence-corrected chi connectivity index (χ4v) is 4.17. The van der Waals surface area contributed by atoms with Crippen molar-refractivity contribution in [2.75, 3.05) is 31.1 Å². The lowest BCUT2D eigenvalue weighted by Gasteiger charge is -2.38. The van der Waals surface area contributed by atoms with Gasteiger partial charge in [-0.15, -0.1) is 0 Å². The lowest BCUT2D eigenvalue weighted by Crippen LogP contribution is -3.15. The Morgan fingerprint density at radius 2 is 1.39 bits per heavy atom. The predicted octanol–water partition coefficient (Wildman–Crippen LogP) is 3.19. The van der Waals surface area contributed by atoms with Gasteiger partial charge in [-0.1, -0.05) is 66.7 Å². The number of hydrogen-bond donors (Lipinski definition) is 1. The lowest BCUT2D eigenvalue weighted by atomic mass is 9.96. The minimum atomic E-state index is -0.443. The molecule has 0 bridgehead atoms. The topological polar surface area (TPSA) is 31.5 Å². The molecule has 1 heterocycles. The predicted molar refractivity (Wildman–Crippen MR) is 109 cm³/mol. The SMILES string of the molecule is N#Cc1c(F)cccc1N1CC[NH+](C(c2ccccc2)c2ccccc2)CC1. The first-order valence-corrected chi connectivity index (χ1v) is 9.66. The lowest BCUT2D eigenvalue weighted by molar-refractivity contribution is -0.926. The first-order valence-electron chi connectivity index (χ1n) is 9.66. The summed E-state index contributed by atoms with van der Waals surface area (Å²) in [7, 11) is 0. The van der Waals surface area contributed by atoms with Crippen molar-refractivity contribution in [2.45, 2.75) is 6.04 Å². The molecule has 3 aromatic carbocycles. The van der Waals surface area contributed by atoms with E-state index < -0.39 is 5.82 Å². The highest BCUT2D eigenvalue weighted by molar-refractivity contribution is 5.60. The zero-order chi connectivity index (χ0) is 19.3. The highest BCUT2D eigenvalue weighted by atomic mass is 19.1. The van der Waals surface area contributed by atoms with Crippen LogP contribution in [-0.2, 0) is 0 Å². The highest BCUT2D eigenvalue weighted by Crippen LogP contribution is 2.24. The van der Waals surface area contributed by atoms with Gasteiger partial charge in [0.25, 0.3) is 0 Å². The number of nitrogens with zero attached hydrogens (tertiary/aromatic N) is 2. The first-order chi connectivity index (χ1) is 13.8. The number of quaternary nitrogens is 1. The van der Waals surface area contributed by atoms with Gasteiger partial charge in [0.1, 0.15) is 23.5 Å². The number of anilines is 1. The van der Waals surface area contributed by atoms with Gasteiger partial charge >= 0.3 is 0 Å². The van der Waals surface area contributed by atoms with Gasteiger partial charge < -0.3 is 9.80 Å². The second-order valence-corrected chi connectivity index (χ2v) is 7.15. The molecule has 0 amide bonds. The van der Waals surface area contributed by atoms with Crippen molar-refractivity contribution in [3.8, 4) is 6.07 Å². The van der Waals surface area contributed by atoms with Crippen LogP contribution in [0.15, 0.2) is 78.9 Å². The van der Waals surface area contributed by atoms with Crippen LogP contribution in [-0.4, -0.2) is 26.2 Å². The second kappa shape index (κ2) is 8.24. The third-order valence-corrected chi connectivity index (χ3v) is 5.52. The summed E-state index contributed by atoms with van der Waals surface area (Å²) in [6.45, 7) is 3.44. The van der Waals surface area contributed by atoms with Crippen LogP contribution in [0.5, 0.6) is 0 Å². The third-order valence-electron chi connectivity index (χ3n) is 5.52. The summed E-state index contributed by atoms with van der Waals surface area (Å²) in [5.41, 5.74) is 3.47. The molecule has 0 aliphatic carbocycles. The van der Waals surface area contributed by atoms with Gasteiger partial charge in [-0.2, -0.15) is 5.26 Å². The maximum absolute atomic E-state index is 14.0. The minimum Gasteiger partial charge on any atom is -0.359 e. The van der Waals surface area contributed by atoms with Crippen LogP contribution in [0.4, 0.5) is 10.1 Å². The number of hydrogen-bond acceptors (Lipinski definition) is 2. The fourth-order valence-electron chi connectivity index (χ4n) is 4.17. The van der Waals surface area contributed by atoms with Crippen molar-refractivity contribution >= 4 is 5.69 Å². The number of rotatable bonds is 4. The molecule has 4 heteroatoms. The standard InChI is InChI=1S/C24H22FN3/c25-22-12-7-13-23(21(22)18-26)27-14-16-28(17-15-27)24(19-8-3-1-4-9-19)20-10-5-2-6-11-20/h1-13,24H,14-17H2/p+1. The summed E-state index contributed by atoms with van der Waals surface area (Å²) in [6, 6.07) is 28.4. The van der Waals surface area contributed by atoms with Crippen LogP contribution in [0.2, 0.25) is 0 Å². The van der Waals surface area contributed by atoms with E-state index in [4.69, 9.17) is 0 Å². The van der Waals surface area contributed by atoms with Crippen LogP contribution in [0.1, 0.15) is 22.7 Å². The Kier molecular flexibility index (Phi) is 5.36. The van der Waals surface area contributed by atoms with Crippen molar-refractivity contribution < 1.29 is 9.29 Å². The Hall–Kier alpha value is -3.16. The quantitative estimate of drug-likeness (QED) is 0.763. The van der Waals surface area contributed by atoms with E-state index in [1.54, 1.807) is 6.07 Å². The van der Waals surface area contributed by atoms with Gasteiger partial charge in [0.05, 0.1) is 31.9 Å². The fraction of sp³-hybridized carbons (Fsp3) is 0.208. The van der Waals surface area contributed by atoms with Crippen LogP contribution < -0.4 is 9.80 Å². The smallest absolute Gasteiger partial charge is 0.143 e. The molecule has 4 rings (SSSR count). The molecule has 1 saturated heterocycles. The van der Waals surface area contributed by atoms with Gasteiger partial charge in [0.15, 0.2) is 0 Å². The molecule has 1 N–H and O–H groups in total. The van der Waals surface area contributed by atoms with Crippen molar-refractivity contribution in [1.82, 2.24) is 0 Å². The summed E-state index contributed by atoms with van der Waals surface area (Å²) >= 11 is 0. The van der Waals surface area contributed by atoms with Crippen LogP contribution in [0, 0.1) is 17.1 Å². The molecule has 28 heavy (non-hydrogen) atoms. The zero-order valence-corrected chi connectivity index (χ0v) is 15.7. The molecule has 0 radical (unpaired) electrons. The molecule has 0 spiro atoms. The van der Waals surface area contributed by atoms with Crippen LogP contribution in [0.3, 0.4) is 0 Å². The van der Waals surface area contributed by atoms with E-state index in [1.807, 2.05) is 24.3 Å². The summed E-state index contributed by atoms with van der Waals surface area (Å²) in [5.74, 6) is -0.443. The van der Waals surface area contributed by atoms with E-state index in [-0.39, 0.29) is 11.6 Å². The molecule has 1 fully saturated rings. The number of halogens is 1. The maximum atomic E-state index is 14.0. The van der Waals surface area contributed by atoms with Crippen molar-refractivity contribution in [1.29, 1.82) is 5.26 Å². The van der Waals surface area contributed by atoms with Crippen LogP contribution >= 0.6 is 0 Å². The Balaban J connectivity index is 1.58. The zero-order valence-electron chi connectivity index (χ0n) is 15.7. The molecule has 0 unspecified atom stereocenters. The monoisotopic (exact) mass is 372 g/mol. The maximum Gasteiger partial charge on any atom is 0.143 e. The molecular weight excluding hydrogens is 349 g/mol. The summed E-state index contributed by atoms with van der Waals surface area (Å²) in [6.07, 6.45) is 0. The molecule has 140 valence electrons. The highest BCUT2D eigenvalue weighted by Gasteiger charge is 2.30. The molecular formula is C24H23FN3+. The molecule has 0 saturated carbocycles. The Morgan fingerprint density at radius 3 is 1.93 bits per heavy atom. The van der Waals surface area contributed by atoms with E-state index >= 15 is 0 Å². The summed E-state index contributed by atoms with van der Waals surface area (Å²) in [4.78, 5) is 3.63. The molecule has 1 aliphatic heterocycles. The minimum absolute atomic E-state index is 0.147. The van der Waals surface area contributed by atoms with Crippen LogP contribution in [0.25, 0.3) is 0 Å². The van der Waals surface area contributed by atoms with Gasteiger partial charge in [-0.05, 0) is 12.1 Å². The first kappa shape index (κ1) is 18.2. The average molecular weight is 372 g/mol. The van der Waals surface area contributed by atoms with E-state index in [9.17, 15) is 9.65 Å². The number of benzene rings is 3. The van der Waals surface area contributed by atoms with Gasteiger partial charge in [0, 0.05) is 11.1 Å². The number of nitriles is 1.